The molecule has 1 heterocycles. The van der Waals surface area contributed by atoms with Crippen LogP contribution in [0.15, 0.2) is 46.7 Å². The largest absolute Gasteiger partial charge is 0.466 e. The second-order valence-electron chi connectivity index (χ2n) is 5.42. The van der Waals surface area contributed by atoms with Crippen LogP contribution in [-0.2, 0) is 19.1 Å². The van der Waals surface area contributed by atoms with Crippen LogP contribution in [0.4, 0.5) is 5.69 Å². The molecule has 0 radical (unpaired) electrons. The number of hydrogen-bond donors (Lipinski definition) is 1. The van der Waals surface area contributed by atoms with Gasteiger partial charge in [-0.25, -0.2) is 9.59 Å². The van der Waals surface area contributed by atoms with Crippen molar-refractivity contribution in [2.24, 2.45) is 0 Å². The van der Waals surface area contributed by atoms with Crippen LogP contribution in [0.3, 0.4) is 0 Å². The minimum absolute atomic E-state index is 0.128. The lowest BCUT2D eigenvalue weighted by Crippen LogP contribution is -2.34. The molecule has 0 fully saturated rings. The van der Waals surface area contributed by atoms with E-state index in [0.29, 0.717) is 16.8 Å². The first-order valence-electron chi connectivity index (χ1n) is 7.42. The zero-order chi connectivity index (χ0) is 18.7. The monoisotopic (exact) mass is 346 g/mol. The summed E-state index contributed by atoms with van der Waals surface area (Å²) in [6.45, 7) is 3.23. The lowest BCUT2D eigenvalue weighted by atomic mass is 9.86. The van der Waals surface area contributed by atoms with Crippen molar-refractivity contribution in [2.45, 2.75) is 19.9 Å². The van der Waals surface area contributed by atoms with E-state index in [9.17, 15) is 19.7 Å². The minimum atomic E-state index is -0.817. The average Bonchev–Trinajstić information content (AvgIpc) is 2.60. The summed E-state index contributed by atoms with van der Waals surface area (Å²) in [5.41, 5.74) is 1.32. The van der Waals surface area contributed by atoms with Crippen LogP contribution in [0.25, 0.3) is 0 Å². The number of carbonyl (C=O) groups excluding carboxylic acids is 2. The Labute approximate surface area is 144 Å². The van der Waals surface area contributed by atoms with Gasteiger partial charge >= 0.3 is 11.9 Å². The Morgan fingerprint density at radius 1 is 1.12 bits per heavy atom. The molecular weight excluding hydrogens is 328 g/mol. The molecule has 0 saturated heterocycles. The molecule has 0 saturated carbocycles. The van der Waals surface area contributed by atoms with Crippen LogP contribution in [0.1, 0.15) is 25.5 Å². The third-order valence-electron chi connectivity index (χ3n) is 4.04. The van der Waals surface area contributed by atoms with Crippen LogP contribution < -0.4 is 5.32 Å². The number of methoxy groups -OCH3 is 2. The van der Waals surface area contributed by atoms with E-state index in [2.05, 4.69) is 5.32 Å². The topological polar surface area (TPSA) is 108 Å². The van der Waals surface area contributed by atoms with Gasteiger partial charge < -0.3 is 14.8 Å². The van der Waals surface area contributed by atoms with E-state index in [0.717, 1.165) is 0 Å². The molecule has 0 amide bonds. The number of esters is 2. The SMILES string of the molecule is COC(=O)C1=C(C)N[C@H](c2ccccc2[N+](=O)[O-])C(C(=O)OC)=C1C. The Kier molecular flexibility index (Phi) is 5.21. The predicted octanol–water partition coefficient (Wildman–Crippen LogP) is 2.18. The third kappa shape index (κ3) is 3.23. The number of benzene rings is 1. The number of nitrogens with one attached hydrogen (secondary N) is 1. The smallest absolute Gasteiger partial charge is 0.339 e. The molecule has 2 rings (SSSR count). The number of nitro groups is 1. The van der Waals surface area contributed by atoms with Crippen molar-refractivity contribution in [3.05, 3.63) is 62.4 Å². The Bertz CT molecular complexity index is 809. The molecular formula is C17H18N2O6. The molecule has 0 aliphatic carbocycles. The highest BCUT2D eigenvalue weighted by Gasteiger charge is 2.36. The Balaban J connectivity index is 2.70. The van der Waals surface area contributed by atoms with Gasteiger partial charge in [0.25, 0.3) is 5.69 Å². The van der Waals surface area contributed by atoms with Crippen LogP contribution in [0.2, 0.25) is 0 Å². The third-order valence-corrected chi connectivity index (χ3v) is 4.04. The van der Waals surface area contributed by atoms with Gasteiger partial charge in [-0.3, -0.25) is 10.1 Å². The number of nitrogens with zero attached hydrogens (tertiary/aromatic N) is 1. The van der Waals surface area contributed by atoms with Crippen LogP contribution in [-0.4, -0.2) is 31.1 Å². The molecule has 8 heteroatoms. The van der Waals surface area contributed by atoms with Crippen molar-refractivity contribution in [3.8, 4) is 0 Å². The van der Waals surface area contributed by atoms with Gasteiger partial charge in [0.05, 0.1) is 41.9 Å². The summed E-state index contributed by atoms with van der Waals surface area (Å²) in [6, 6.07) is 5.28. The first-order chi connectivity index (χ1) is 11.8. The highest BCUT2D eigenvalue weighted by molar-refractivity contribution is 6.00. The summed E-state index contributed by atoms with van der Waals surface area (Å²) >= 11 is 0. The summed E-state index contributed by atoms with van der Waals surface area (Å²) < 4.78 is 9.59. The van der Waals surface area contributed by atoms with Crippen molar-refractivity contribution in [1.29, 1.82) is 0 Å². The second kappa shape index (κ2) is 7.16. The van der Waals surface area contributed by atoms with E-state index < -0.39 is 22.9 Å². The minimum Gasteiger partial charge on any atom is -0.466 e. The van der Waals surface area contributed by atoms with Gasteiger partial charge in [0.2, 0.25) is 0 Å². The quantitative estimate of drug-likeness (QED) is 0.506. The molecule has 1 aliphatic heterocycles. The molecule has 1 aliphatic rings. The Hall–Kier alpha value is -3.16. The van der Waals surface area contributed by atoms with E-state index >= 15 is 0 Å². The summed E-state index contributed by atoms with van der Waals surface area (Å²) in [6.07, 6.45) is 0. The van der Waals surface area contributed by atoms with Crippen molar-refractivity contribution < 1.29 is 24.0 Å². The number of para-hydroxylation sites is 1. The van der Waals surface area contributed by atoms with Gasteiger partial charge in [0.15, 0.2) is 0 Å². The zero-order valence-corrected chi connectivity index (χ0v) is 14.3. The number of ether oxygens (including phenoxy) is 2. The van der Waals surface area contributed by atoms with Crippen LogP contribution in [0.5, 0.6) is 0 Å². The molecule has 25 heavy (non-hydrogen) atoms. The summed E-state index contributed by atoms with van der Waals surface area (Å²) in [5, 5.41) is 14.4. The van der Waals surface area contributed by atoms with E-state index in [1.807, 2.05) is 0 Å². The fourth-order valence-electron chi connectivity index (χ4n) is 2.91. The fourth-order valence-corrected chi connectivity index (χ4v) is 2.91. The number of dihydropyridines is 1. The average molecular weight is 346 g/mol. The number of rotatable bonds is 4. The molecule has 132 valence electrons. The van der Waals surface area contributed by atoms with Crippen molar-refractivity contribution in [3.63, 3.8) is 0 Å². The second-order valence-corrected chi connectivity index (χ2v) is 5.42. The predicted molar refractivity (Wildman–Crippen MR) is 88.4 cm³/mol. The van der Waals surface area contributed by atoms with Gasteiger partial charge in [0, 0.05) is 11.8 Å². The van der Waals surface area contributed by atoms with E-state index in [1.54, 1.807) is 32.0 Å². The normalized spacial score (nSPS) is 17.0. The first kappa shape index (κ1) is 18.2. The van der Waals surface area contributed by atoms with Crippen LogP contribution in [0, 0.1) is 10.1 Å². The number of allylic oxidation sites excluding steroid dienone is 1. The number of carbonyl (C=O) groups is 2. The van der Waals surface area contributed by atoms with Crippen molar-refractivity contribution in [2.75, 3.05) is 14.2 Å². The molecule has 1 aromatic rings. The standard InChI is InChI=1S/C17H18N2O6/c1-9-13(16(20)24-3)10(2)18-15(14(9)17(21)25-4)11-7-5-6-8-12(11)19(22)23/h5-8,15,18H,1-4H3/t15-/m1/s1. The fraction of sp³-hybridized carbons (Fsp3) is 0.294. The highest BCUT2D eigenvalue weighted by atomic mass is 16.6. The first-order valence-corrected chi connectivity index (χ1v) is 7.42. The molecule has 1 aromatic carbocycles. The van der Waals surface area contributed by atoms with Gasteiger partial charge in [0.1, 0.15) is 0 Å². The summed E-state index contributed by atoms with van der Waals surface area (Å²) in [4.78, 5) is 35.2. The molecule has 0 spiro atoms. The Morgan fingerprint density at radius 2 is 1.72 bits per heavy atom. The molecule has 8 nitrogen and oxygen atoms in total. The van der Waals surface area contributed by atoms with Gasteiger partial charge in [-0.15, -0.1) is 0 Å². The highest BCUT2D eigenvalue weighted by Crippen LogP contribution is 2.38. The summed E-state index contributed by atoms with van der Waals surface area (Å²) in [5.74, 6) is -1.29. The molecule has 1 atom stereocenters. The van der Waals surface area contributed by atoms with Gasteiger partial charge in [-0.1, -0.05) is 12.1 Å². The van der Waals surface area contributed by atoms with Gasteiger partial charge in [-0.05, 0) is 25.5 Å². The van der Waals surface area contributed by atoms with E-state index in [-0.39, 0.29) is 16.8 Å². The maximum Gasteiger partial charge on any atom is 0.339 e. The molecule has 0 unspecified atom stereocenters. The zero-order valence-electron chi connectivity index (χ0n) is 14.3. The van der Waals surface area contributed by atoms with Crippen molar-refractivity contribution >= 4 is 17.6 Å². The maximum atomic E-state index is 12.3. The molecule has 0 aromatic heterocycles. The summed E-state index contributed by atoms with van der Waals surface area (Å²) in [7, 11) is 2.45. The number of nitro benzene ring substituents is 1. The Morgan fingerprint density at radius 3 is 2.28 bits per heavy atom. The number of hydrogen-bond acceptors (Lipinski definition) is 7. The van der Waals surface area contributed by atoms with Gasteiger partial charge in [-0.2, -0.15) is 0 Å². The lowest BCUT2D eigenvalue weighted by molar-refractivity contribution is -0.385. The van der Waals surface area contributed by atoms with E-state index in [1.165, 1.54) is 20.3 Å². The lowest BCUT2D eigenvalue weighted by Gasteiger charge is -2.30. The molecule has 0 bridgehead atoms. The maximum absolute atomic E-state index is 12.3. The van der Waals surface area contributed by atoms with Crippen LogP contribution >= 0.6 is 0 Å². The van der Waals surface area contributed by atoms with Crippen molar-refractivity contribution in [1.82, 2.24) is 5.32 Å². The molecule has 1 N–H and O–H groups in total. The van der Waals surface area contributed by atoms with E-state index in [4.69, 9.17) is 9.47 Å².